The molecular formula is C21H25FN2O4. The molecule has 1 heterocycles. The highest BCUT2D eigenvalue weighted by Gasteiger charge is 2.24. The molecule has 1 amide bonds. The molecule has 150 valence electrons. The van der Waals surface area contributed by atoms with Gasteiger partial charge in [-0.15, -0.1) is 0 Å². The Bertz CT molecular complexity index is 791. The molecule has 0 aromatic heterocycles. The number of rotatable bonds is 7. The Morgan fingerprint density at radius 1 is 1.14 bits per heavy atom. The number of methoxy groups -OCH3 is 2. The molecule has 28 heavy (non-hydrogen) atoms. The second-order valence-electron chi connectivity index (χ2n) is 6.49. The number of nitrogens with one attached hydrogen (secondary N) is 1. The van der Waals surface area contributed by atoms with Crippen LogP contribution in [-0.4, -0.2) is 57.9 Å². The van der Waals surface area contributed by atoms with Crippen LogP contribution in [-0.2, 0) is 4.74 Å². The normalized spacial score (nSPS) is 15.7. The summed E-state index contributed by atoms with van der Waals surface area (Å²) in [6, 6.07) is 11.4. The molecular weight excluding hydrogens is 363 g/mol. The number of halogens is 1. The van der Waals surface area contributed by atoms with Gasteiger partial charge >= 0.3 is 0 Å². The molecule has 7 heteroatoms. The smallest absolute Gasteiger partial charge is 0.255 e. The van der Waals surface area contributed by atoms with Crippen LogP contribution >= 0.6 is 0 Å². The van der Waals surface area contributed by atoms with E-state index in [4.69, 9.17) is 14.2 Å². The van der Waals surface area contributed by atoms with Crippen molar-refractivity contribution in [3.8, 4) is 11.5 Å². The SMILES string of the molecule is COc1ccc(C(=O)NCC(c2ccc(F)cc2)N2CCOCC2)c(OC)c1. The summed E-state index contributed by atoms with van der Waals surface area (Å²) < 4.78 is 29.3. The molecule has 1 fully saturated rings. The van der Waals surface area contributed by atoms with Gasteiger partial charge in [0.05, 0.1) is 39.0 Å². The van der Waals surface area contributed by atoms with Gasteiger partial charge in [0.1, 0.15) is 17.3 Å². The largest absolute Gasteiger partial charge is 0.497 e. The van der Waals surface area contributed by atoms with Crippen LogP contribution in [0.25, 0.3) is 0 Å². The van der Waals surface area contributed by atoms with Crippen LogP contribution in [0.15, 0.2) is 42.5 Å². The summed E-state index contributed by atoms with van der Waals surface area (Å²) in [6.45, 7) is 3.17. The predicted molar refractivity (Wildman–Crippen MR) is 103 cm³/mol. The number of morpholine rings is 1. The molecule has 1 aliphatic heterocycles. The average molecular weight is 388 g/mol. The minimum Gasteiger partial charge on any atom is -0.497 e. The van der Waals surface area contributed by atoms with Gasteiger partial charge in [0, 0.05) is 25.7 Å². The van der Waals surface area contributed by atoms with Gasteiger partial charge in [-0.3, -0.25) is 9.69 Å². The Morgan fingerprint density at radius 3 is 2.50 bits per heavy atom. The highest BCUT2D eigenvalue weighted by Crippen LogP contribution is 2.25. The third-order valence-electron chi connectivity index (χ3n) is 4.85. The molecule has 1 N–H and O–H groups in total. The van der Waals surface area contributed by atoms with Crippen LogP contribution in [0.4, 0.5) is 4.39 Å². The fourth-order valence-electron chi connectivity index (χ4n) is 3.30. The minimum atomic E-state index is -0.281. The lowest BCUT2D eigenvalue weighted by molar-refractivity contribution is 0.0162. The third-order valence-corrected chi connectivity index (χ3v) is 4.85. The van der Waals surface area contributed by atoms with Gasteiger partial charge in [-0.2, -0.15) is 0 Å². The number of hydrogen-bond acceptors (Lipinski definition) is 5. The number of hydrogen-bond donors (Lipinski definition) is 1. The van der Waals surface area contributed by atoms with Gasteiger partial charge in [-0.05, 0) is 29.8 Å². The molecule has 6 nitrogen and oxygen atoms in total. The minimum absolute atomic E-state index is 0.0716. The van der Waals surface area contributed by atoms with Crippen LogP contribution < -0.4 is 14.8 Å². The van der Waals surface area contributed by atoms with E-state index in [0.717, 1.165) is 18.7 Å². The zero-order valence-corrected chi connectivity index (χ0v) is 16.1. The van der Waals surface area contributed by atoms with Crippen LogP contribution in [0.5, 0.6) is 11.5 Å². The molecule has 1 saturated heterocycles. The molecule has 0 saturated carbocycles. The summed E-state index contributed by atoms with van der Waals surface area (Å²) in [4.78, 5) is 15.0. The average Bonchev–Trinajstić information content (AvgIpc) is 2.75. The molecule has 3 rings (SSSR count). The lowest BCUT2D eigenvalue weighted by atomic mass is 10.0. The maximum absolute atomic E-state index is 13.3. The van der Waals surface area contributed by atoms with Gasteiger partial charge in [-0.1, -0.05) is 12.1 Å². The summed E-state index contributed by atoms with van der Waals surface area (Å²) in [5, 5.41) is 2.99. The zero-order valence-electron chi connectivity index (χ0n) is 16.1. The molecule has 2 aromatic rings. The molecule has 1 atom stereocenters. The second-order valence-corrected chi connectivity index (χ2v) is 6.49. The van der Waals surface area contributed by atoms with E-state index in [0.29, 0.717) is 36.8 Å². The number of amides is 1. The predicted octanol–water partition coefficient (Wildman–Crippen LogP) is 2.65. The summed E-state index contributed by atoms with van der Waals surface area (Å²) >= 11 is 0. The van der Waals surface area contributed by atoms with E-state index in [-0.39, 0.29) is 17.8 Å². The first-order chi connectivity index (χ1) is 13.6. The third kappa shape index (κ3) is 4.79. The lowest BCUT2D eigenvalue weighted by Crippen LogP contribution is -2.43. The van der Waals surface area contributed by atoms with Crippen molar-refractivity contribution in [2.45, 2.75) is 6.04 Å². The molecule has 1 unspecified atom stereocenters. The van der Waals surface area contributed by atoms with Crippen molar-refractivity contribution in [3.63, 3.8) is 0 Å². The highest BCUT2D eigenvalue weighted by molar-refractivity contribution is 5.97. The molecule has 1 aliphatic rings. The summed E-state index contributed by atoms with van der Waals surface area (Å²) in [5.41, 5.74) is 1.38. The van der Waals surface area contributed by atoms with Gasteiger partial charge in [0.25, 0.3) is 5.91 Å². The van der Waals surface area contributed by atoms with E-state index in [9.17, 15) is 9.18 Å². The van der Waals surface area contributed by atoms with Gasteiger partial charge in [-0.25, -0.2) is 4.39 Å². The Labute approximate surface area is 164 Å². The van der Waals surface area contributed by atoms with E-state index in [2.05, 4.69) is 10.2 Å². The first kappa shape index (κ1) is 20.1. The maximum Gasteiger partial charge on any atom is 0.255 e. The Hall–Kier alpha value is -2.64. The van der Waals surface area contributed by atoms with E-state index >= 15 is 0 Å². The van der Waals surface area contributed by atoms with E-state index < -0.39 is 0 Å². The monoisotopic (exact) mass is 388 g/mol. The summed E-state index contributed by atoms with van der Waals surface area (Å²) in [7, 11) is 3.07. The first-order valence-electron chi connectivity index (χ1n) is 9.20. The molecule has 0 aliphatic carbocycles. The van der Waals surface area contributed by atoms with Crippen LogP contribution in [0.3, 0.4) is 0 Å². The van der Waals surface area contributed by atoms with E-state index in [1.54, 1.807) is 37.4 Å². The van der Waals surface area contributed by atoms with E-state index in [1.807, 2.05) is 0 Å². The molecule has 0 bridgehead atoms. The topological polar surface area (TPSA) is 60.0 Å². The maximum atomic E-state index is 13.3. The van der Waals surface area contributed by atoms with Crippen LogP contribution in [0, 0.1) is 5.82 Å². The van der Waals surface area contributed by atoms with Crippen molar-refractivity contribution >= 4 is 5.91 Å². The Balaban J connectivity index is 1.75. The van der Waals surface area contributed by atoms with Gasteiger partial charge < -0.3 is 19.5 Å². The number of nitrogens with zero attached hydrogens (tertiary/aromatic N) is 1. The fraction of sp³-hybridized carbons (Fsp3) is 0.381. The standard InChI is InChI=1S/C21H25FN2O4/c1-26-17-7-8-18(20(13-17)27-2)21(25)23-14-19(24-9-11-28-12-10-24)15-3-5-16(22)6-4-15/h3-8,13,19H,9-12,14H2,1-2H3,(H,23,25). The summed E-state index contributed by atoms with van der Waals surface area (Å²) in [6.07, 6.45) is 0. The van der Waals surface area contributed by atoms with Crippen LogP contribution in [0.1, 0.15) is 22.0 Å². The molecule has 2 aromatic carbocycles. The number of carbonyl (C=O) groups is 1. The van der Waals surface area contributed by atoms with Crippen molar-refractivity contribution in [3.05, 3.63) is 59.4 Å². The Kier molecular flexibility index (Phi) is 6.84. The lowest BCUT2D eigenvalue weighted by Gasteiger charge is -2.35. The van der Waals surface area contributed by atoms with Crippen molar-refractivity contribution in [1.29, 1.82) is 0 Å². The highest BCUT2D eigenvalue weighted by atomic mass is 19.1. The zero-order chi connectivity index (χ0) is 19.9. The number of ether oxygens (including phenoxy) is 3. The first-order valence-corrected chi connectivity index (χ1v) is 9.20. The fourth-order valence-corrected chi connectivity index (χ4v) is 3.30. The van der Waals surface area contributed by atoms with E-state index in [1.165, 1.54) is 19.2 Å². The molecule has 0 spiro atoms. The number of carbonyl (C=O) groups excluding carboxylic acids is 1. The molecule has 0 radical (unpaired) electrons. The Morgan fingerprint density at radius 2 is 1.86 bits per heavy atom. The quantitative estimate of drug-likeness (QED) is 0.790. The van der Waals surface area contributed by atoms with Crippen molar-refractivity contribution in [2.24, 2.45) is 0 Å². The van der Waals surface area contributed by atoms with Crippen LogP contribution in [0.2, 0.25) is 0 Å². The second kappa shape index (κ2) is 9.52. The van der Waals surface area contributed by atoms with Gasteiger partial charge in [0.15, 0.2) is 0 Å². The van der Waals surface area contributed by atoms with Crippen molar-refractivity contribution in [1.82, 2.24) is 10.2 Å². The van der Waals surface area contributed by atoms with Crippen molar-refractivity contribution < 1.29 is 23.4 Å². The van der Waals surface area contributed by atoms with Gasteiger partial charge in [0.2, 0.25) is 0 Å². The summed E-state index contributed by atoms with van der Waals surface area (Å²) in [5.74, 6) is 0.545. The number of benzene rings is 2. The van der Waals surface area contributed by atoms with Crippen molar-refractivity contribution in [2.75, 3.05) is 47.1 Å².